The number of amides is 2. The van der Waals surface area contributed by atoms with E-state index in [4.69, 9.17) is 11.6 Å². The summed E-state index contributed by atoms with van der Waals surface area (Å²) in [6.45, 7) is 0.960. The first kappa shape index (κ1) is 16.8. The molecule has 2 amide bonds. The molecule has 0 saturated carbocycles. The highest BCUT2D eigenvalue weighted by molar-refractivity contribution is 7.90. The lowest BCUT2D eigenvalue weighted by atomic mass is 10.0. The third kappa shape index (κ3) is 3.71. The fourth-order valence-corrected chi connectivity index (χ4v) is 4.02. The van der Waals surface area contributed by atoms with Crippen molar-refractivity contribution in [2.24, 2.45) is 0 Å². The molecule has 1 heterocycles. The standard InChI is InChI=1S/C17H17ClN2O3S/c18-15-6-3-7-16(12-15)24(22,23)19-17(21)20-10-8-13-4-1-2-5-14(13)9-11-20/h1-7,12H,8-11H2,(H,19,21). The zero-order valence-corrected chi connectivity index (χ0v) is 14.5. The van der Waals surface area contributed by atoms with Crippen molar-refractivity contribution in [3.8, 4) is 0 Å². The lowest BCUT2D eigenvalue weighted by molar-refractivity contribution is 0.206. The van der Waals surface area contributed by atoms with Crippen LogP contribution in [0.5, 0.6) is 0 Å². The van der Waals surface area contributed by atoms with Gasteiger partial charge in [0.25, 0.3) is 10.0 Å². The molecule has 2 aromatic rings. The van der Waals surface area contributed by atoms with Gasteiger partial charge in [-0.3, -0.25) is 0 Å². The fourth-order valence-electron chi connectivity index (χ4n) is 2.74. The van der Waals surface area contributed by atoms with E-state index in [-0.39, 0.29) is 4.90 Å². The van der Waals surface area contributed by atoms with Crippen molar-refractivity contribution in [3.05, 3.63) is 64.7 Å². The Bertz CT molecular complexity index is 841. The average molecular weight is 365 g/mol. The molecule has 0 aromatic heterocycles. The summed E-state index contributed by atoms with van der Waals surface area (Å²) in [5.41, 5.74) is 2.40. The van der Waals surface area contributed by atoms with Gasteiger partial charge in [0.2, 0.25) is 0 Å². The smallest absolute Gasteiger partial charge is 0.323 e. The van der Waals surface area contributed by atoms with Crippen molar-refractivity contribution in [2.45, 2.75) is 17.7 Å². The Labute approximate surface area is 146 Å². The minimum atomic E-state index is -3.94. The molecular formula is C17H17ClN2O3S. The third-order valence-electron chi connectivity index (χ3n) is 4.04. The maximum absolute atomic E-state index is 12.4. The number of fused-ring (bicyclic) bond motifs is 1. The van der Waals surface area contributed by atoms with Gasteiger partial charge in [-0.25, -0.2) is 17.9 Å². The number of urea groups is 1. The molecule has 126 valence electrons. The van der Waals surface area contributed by atoms with Gasteiger partial charge in [-0.05, 0) is 42.2 Å². The fraction of sp³-hybridized carbons (Fsp3) is 0.235. The Morgan fingerprint density at radius 3 is 2.21 bits per heavy atom. The molecule has 0 saturated heterocycles. The molecule has 0 spiro atoms. The molecule has 7 heteroatoms. The van der Waals surface area contributed by atoms with Gasteiger partial charge in [0.05, 0.1) is 4.90 Å². The molecule has 0 radical (unpaired) electrons. The second kappa shape index (κ2) is 6.83. The van der Waals surface area contributed by atoms with E-state index in [1.165, 1.54) is 34.2 Å². The lowest BCUT2D eigenvalue weighted by Gasteiger charge is -2.20. The average Bonchev–Trinajstić information content (AvgIpc) is 2.77. The Hall–Kier alpha value is -2.05. The number of nitrogens with one attached hydrogen (secondary N) is 1. The first-order valence-electron chi connectivity index (χ1n) is 7.60. The quantitative estimate of drug-likeness (QED) is 0.891. The Morgan fingerprint density at radius 1 is 1.00 bits per heavy atom. The number of carbonyl (C=O) groups excluding carboxylic acids is 1. The number of nitrogens with zero attached hydrogens (tertiary/aromatic N) is 1. The zero-order valence-electron chi connectivity index (χ0n) is 12.9. The van der Waals surface area contributed by atoms with Gasteiger partial charge in [0.1, 0.15) is 0 Å². The van der Waals surface area contributed by atoms with Crippen LogP contribution in [0, 0.1) is 0 Å². The predicted molar refractivity (Wildman–Crippen MR) is 92.6 cm³/mol. The van der Waals surface area contributed by atoms with Crippen molar-refractivity contribution in [1.29, 1.82) is 0 Å². The summed E-state index contributed by atoms with van der Waals surface area (Å²) >= 11 is 5.82. The Kier molecular flexibility index (Phi) is 4.78. The molecule has 0 aliphatic carbocycles. The van der Waals surface area contributed by atoms with Crippen LogP contribution in [-0.2, 0) is 22.9 Å². The number of rotatable bonds is 2. The Morgan fingerprint density at radius 2 is 1.62 bits per heavy atom. The van der Waals surface area contributed by atoms with Crippen LogP contribution >= 0.6 is 11.6 Å². The van der Waals surface area contributed by atoms with Crippen LogP contribution in [0.4, 0.5) is 4.79 Å². The molecule has 0 atom stereocenters. The number of hydrogen-bond acceptors (Lipinski definition) is 3. The van der Waals surface area contributed by atoms with Gasteiger partial charge in [0.15, 0.2) is 0 Å². The summed E-state index contributed by atoms with van der Waals surface area (Å²) in [5, 5.41) is 0.301. The van der Waals surface area contributed by atoms with E-state index in [0.29, 0.717) is 31.0 Å². The number of carbonyl (C=O) groups is 1. The van der Waals surface area contributed by atoms with Crippen LogP contribution < -0.4 is 4.72 Å². The van der Waals surface area contributed by atoms with E-state index in [2.05, 4.69) is 4.72 Å². The monoisotopic (exact) mass is 364 g/mol. The Balaban J connectivity index is 1.71. The summed E-state index contributed by atoms with van der Waals surface area (Å²) in [5.74, 6) is 0. The van der Waals surface area contributed by atoms with Crippen LogP contribution in [0.3, 0.4) is 0 Å². The van der Waals surface area contributed by atoms with Gasteiger partial charge in [-0.15, -0.1) is 0 Å². The molecule has 3 rings (SSSR count). The van der Waals surface area contributed by atoms with Crippen molar-refractivity contribution >= 4 is 27.7 Å². The first-order valence-corrected chi connectivity index (χ1v) is 9.46. The predicted octanol–water partition coefficient (Wildman–Crippen LogP) is 2.84. The number of sulfonamides is 1. The number of halogens is 1. The maximum atomic E-state index is 12.4. The second-order valence-electron chi connectivity index (χ2n) is 5.62. The summed E-state index contributed by atoms with van der Waals surface area (Å²) in [4.78, 5) is 13.9. The van der Waals surface area contributed by atoms with Crippen LogP contribution in [0.1, 0.15) is 11.1 Å². The van der Waals surface area contributed by atoms with Crippen molar-refractivity contribution in [2.75, 3.05) is 13.1 Å². The van der Waals surface area contributed by atoms with E-state index in [9.17, 15) is 13.2 Å². The molecule has 5 nitrogen and oxygen atoms in total. The summed E-state index contributed by atoms with van der Waals surface area (Å²) in [7, 11) is -3.94. The second-order valence-corrected chi connectivity index (χ2v) is 7.74. The van der Waals surface area contributed by atoms with Crippen molar-refractivity contribution < 1.29 is 13.2 Å². The summed E-state index contributed by atoms with van der Waals surface area (Å²) in [6, 6.07) is 13.2. The molecule has 1 aliphatic rings. The minimum Gasteiger partial charge on any atom is -0.323 e. The van der Waals surface area contributed by atoms with Gasteiger partial charge >= 0.3 is 6.03 Å². The first-order chi connectivity index (χ1) is 11.5. The van der Waals surface area contributed by atoms with E-state index < -0.39 is 16.1 Å². The summed E-state index contributed by atoms with van der Waals surface area (Å²) < 4.78 is 26.8. The third-order valence-corrected chi connectivity index (χ3v) is 5.59. The van der Waals surface area contributed by atoms with Crippen LogP contribution in [-0.4, -0.2) is 32.4 Å². The number of hydrogen-bond donors (Lipinski definition) is 1. The van der Waals surface area contributed by atoms with Crippen LogP contribution in [0.15, 0.2) is 53.4 Å². The van der Waals surface area contributed by atoms with Gasteiger partial charge in [0, 0.05) is 18.1 Å². The van der Waals surface area contributed by atoms with Crippen LogP contribution in [0.25, 0.3) is 0 Å². The van der Waals surface area contributed by atoms with Crippen LogP contribution in [0.2, 0.25) is 5.02 Å². The molecule has 2 aromatic carbocycles. The molecule has 0 unspecified atom stereocenters. The molecule has 1 aliphatic heterocycles. The minimum absolute atomic E-state index is 0.0264. The van der Waals surface area contributed by atoms with Gasteiger partial charge < -0.3 is 4.90 Å². The molecule has 1 N–H and O–H groups in total. The normalized spacial score (nSPS) is 14.6. The van der Waals surface area contributed by atoms with E-state index in [1.54, 1.807) is 6.07 Å². The molecule has 0 bridgehead atoms. The van der Waals surface area contributed by atoms with E-state index in [1.807, 2.05) is 24.3 Å². The van der Waals surface area contributed by atoms with Gasteiger partial charge in [-0.1, -0.05) is 41.9 Å². The summed E-state index contributed by atoms with van der Waals surface area (Å²) in [6.07, 6.45) is 1.42. The highest BCUT2D eigenvalue weighted by Gasteiger charge is 2.23. The van der Waals surface area contributed by atoms with Gasteiger partial charge in [-0.2, -0.15) is 0 Å². The highest BCUT2D eigenvalue weighted by atomic mass is 35.5. The largest absolute Gasteiger partial charge is 0.331 e. The molecule has 0 fully saturated rings. The SMILES string of the molecule is O=C(NS(=O)(=O)c1cccc(Cl)c1)N1CCc2ccccc2CC1. The maximum Gasteiger partial charge on any atom is 0.331 e. The zero-order chi connectivity index (χ0) is 17.2. The van der Waals surface area contributed by atoms with E-state index >= 15 is 0 Å². The molecular weight excluding hydrogens is 348 g/mol. The number of benzene rings is 2. The van der Waals surface area contributed by atoms with Crippen molar-refractivity contribution in [3.63, 3.8) is 0 Å². The van der Waals surface area contributed by atoms with Crippen molar-refractivity contribution in [1.82, 2.24) is 9.62 Å². The molecule has 24 heavy (non-hydrogen) atoms. The topological polar surface area (TPSA) is 66.5 Å². The highest BCUT2D eigenvalue weighted by Crippen LogP contribution is 2.17. The van der Waals surface area contributed by atoms with E-state index in [0.717, 1.165) is 0 Å². The lowest BCUT2D eigenvalue weighted by Crippen LogP contribution is -2.43.